The first-order valence-electron chi connectivity index (χ1n) is 47.8. The molecule has 0 saturated heterocycles. The second-order valence-electron chi connectivity index (χ2n) is 49.0. The first-order valence-corrected chi connectivity index (χ1v) is 47.8. The molecular weight excluding hydrogens is 1750 g/mol. The summed E-state index contributed by atoms with van der Waals surface area (Å²) in [5.41, 5.74) is 2.71. The highest BCUT2D eigenvalue weighted by atomic mass is 19.4. The lowest BCUT2D eigenvalue weighted by Crippen LogP contribution is -2.36. The summed E-state index contributed by atoms with van der Waals surface area (Å²) < 4.78 is 55.7. The van der Waals surface area contributed by atoms with E-state index in [-0.39, 0.29) is 148 Å². The number of esters is 4. The maximum absolute atomic E-state index is 12.0. The first kappa shape index (κ1) is 155. The summed E-state index contributed by atoms with van der Waals surface area (Å²) in [4.78, 5) is 135. The number of nitrogens with zero attached hydrogens (tertiary/aromatic N) is 2. The molecule has 0 aromatic carbocycles. The number of ketones is 5. The van der Waals surface area contributed by atoms with Crippen molar-refractivity contribution in [1.82, 2.24) is 20.4 Å². The van der Waals surface area contributed by atoms with Crippen LogP contribution in [0.15, 0.2) is 147 Å². The predicted molar refractivity (Wildman–Crippen MR) is 579 cm³/mol. The molecule has 0 spiro atoms. The quantitative estimate of drug-likeness (QED) is 0.0384. The number of halogens is 3. The van der Waals surface area contributed by atoms with E-state index in [1.54, 1.807) is 75.3 Å². The molecule has 0 aromatic rings. The molecule has 3 amide bonds. The van der Waals surface area contributed by atoms with E-state index in [2.05, 4.69) is 196 Å². The van der Waals surface area contributed by atoms with Crippen LogP contribution >= 0.6 is 0 Å². The van der Waals surface area contributed by atoms with Crippen molar-refractivity contribution in [3.05, 3.63) is 147 Å². The molecule has 804 valence electrons. The van der Waals surface area contributed by atoms with Gasteiger partial charge in [0.25, 0.3) is 5.91 Å². The lowest BCUT2D eigenvalue weighted by atomic mass is 9.89. The number of rotatable bonds is 30. The number of hydrogen-bond acceptors (Lipinski definition) is 17. The third kappa shape index (κ3) is 145. The zero-order valence-electron chi connectivity index (χ0n) is 97.1. The smallest absolute Gasteiger partial charge is 0.421 e. The molecule has 0 rings (SSSR count). The summed E-state index contributed by atoms with van der Waals surface area (Å²) >= 11 is 0. The zero-order chi connectivity index (χ0) is 113. The molecule has 0 aromatic heterocycles. The highest BCUT2D eigenvalue weighted by Crippen LogP contribution is 2.28. The third-order valence-electron chi connectivity index (χ3n) is 16.5. The number of ether oxygens (including phenoxy) is 4. The van der Waals surface area contributed by atoms with Gasteiger partial charge in [0, 0.05) is 95.2 Å². The van der Waals surface area contributed by atoms with Crippen LogP contribution in [0.1, 0.15) is 376 Å². The van der Waals surface area contributed by atoms with Crippen molar-refractivity contribution in [3.8, 4) is 0 Å². The second-order valence-corrected chi connectivity index (χ2v) is 49.0. The molecule has 0 heterocycles. The zero-order valence-corrected chi connectivity index (χ0v) is 97.1. The van der Waals surface area contributed by atoms with Gasteiger partial charge in [-0.15, -0.1) is 0 Å². The number of carbonyl (C=O) groups excluding carboxylic acids is 12. The Labute approximate surface area is 843 Å². The van der Waals surface area contributed by atoms with Crippen LogP contribution in [0, 0.1) is 65.0 Å². The molecule has 2 N–H and O–H groups in total. The molecule has 0 saturated carbocycles. The molecule has 0 fully saturated rings. The van der Waals surface area contributed by atoms with Crippen molar-refractivity contribution in [2.75, 3.05) is 60.5 Å². The summed E-state index contributed by atoms with van der Waals surface area (Å²) in [7, 11) is 5.77. The molecule has 2 unspecified atom stereocenters. The van der Waals surface area contributed by atoms with E-state index in [0.29, 0.717) is 57.4 Å². The Morgan fingerprint density at radius 1 is 0.355 bits per heavy atom. The van der Waals surface area contributed by atoms with Crippen LogP contribution in [0.3, 0.4) is 0 Å². The van der Waals surface area contributed by atoms with Crippen molar-refractivity contribution in [2.45, 2.75) is 395 Å². The highest BCUT2D eigenvalue weighted by molar-refractivity contribution is 5.94. The summed E-state index contributed by atoms with van der Waals surface area (Å²) in [5.74, 6) is -1.35. The predicted octanol–water partition coefficient (Wildman–Crippen LogP) is 28.6. The first-order chi connectivity index (χ1) is 61.2. The van der Waals surface area contributed by atoms with Gasteiger partial charge in [0.15, 0.2) is 28.9 Å². The number of hydrogen-bond donors (Lipinski definition) is 2. The van der Waals surface area contributed by atoms with Crippen molar-refractivity contribution in [3.63, 3.8) is 0 Å². The van der Waals surface area contributed by atoms with Crippen LogP contribution in [0.5, 0.6) is 0 Å². The molecular formula is C115H207F3N4O16. The SMILES string of the molecule is C/C=C/C(=O)CCC(C)(C)C.C/C=C/C(=O)OC(C)C(C)(C)C.C/C=C/C(=O)OCC(C)(C)C.C=C(C(=O)NCC(C)(C)C)C(F)(F)F.C=C(C)C(=O)NCC(C)(C)C.C=CC(=O)CCC(C)(C)C.C=CC(=O)N(C)CC(C)(C)C.C=CC(=O)OC(C)C(C)(C)C.C=CC(=O)OCC(C)(C)C.CC(C)=CC(=O)CC(C)(C)C.CC(C)=CC(=O)CCC(C)(C)C.CN(C)C/C=C/C(=O)CCC(C)(C)C. The number of amides is 3. The van der Waals surface area contributed by atoms with Crippen LogP contribution in [0.2, 0.25) is 0 Å². The van der Waals surface area contributed by atoms with E-state index in [1.165, 1.54) is 36.5 Å². The lowest BCUT2D eigenvalue weighted by molar-refractivity contribution is -0.147. The topological polar surface area (TPSA) is 272 Å². The Bertz CT molecular complexity index is 3670. The fourth-order valence-electron chi connectivity index (χ4n) is 7.90. The van der Waals surface area contributed by atoms with E-state index in [4.69, 9.17) is 18.9 Å². The summed E-state index contributed by atoms with van der Waals surface area (Å²) in [6.45, 7) is 116. The van der Waals surface area contributed by atoms with Gasteiger partial charge in [-0.25, -0.2) is 19.2 Å². The monoisotopic (exact) mass is 1960 g/mol. The number of alkyl halides is 3. The minimum absolute atomic E-state index is 0.00132. The van der Waals surface area contributed by atoms with E-state index in [0.717, 1.165) is 49.9 Å². The minimum atomic E-state index is -4.65. The Morgan fingerprint density at radius 3 is 0.935 bits per heavy atom. The average molecular weight is 1960 g/mol. The Hall–Kier alpha value is -8.73. The standard InChI is InChI=1S/C12H23NO.C11H20O.C10H18O2.2C10H18O.C9H14F3NO.2C9H17NO.2C9H16O2.C9H16O.C8H14O2/c1-12(2,3)9-8-11(14)7-6-10-13(4)5;1-9(2)8-10(12)6-7-11(3,4)5;1-6-7-9(11)12-8(2)10(3,4)5;1-8(2)6-9(11)7-10(3,4)5;1-5-6-9(11)7-8-10(2,3)4;1-6(9(10,11)12)7(14)13-5-8(2,3)4;1-7(2)8(11)10-6-9(3,4)5;1-6-8(11)10(5)7-9(2,3)4;1-6-8(10)11-7(2)9(3,4)5;1-5-6-8(10)11-7-9(2,3)4;1-5-8(10)6-7-9(2,3)4;1-5-7(9)10-6-8(2,3)4/h6-7H,8-10H2,1-5H3;8H,6-7H2,1-5H3;6-8H,1-5H3;6H,7H2,1-5H3;5-6H,7-8H2,1-4H3;1,5H2,2-4H3,(H,13,14);1,6H2,2-5H3,(H,10,11);6H,1,7H2,2-5H3;6-7H,1H2,2-5H3;5-6H,7H2,1-4H3;5H,1,6-7H2,2-4H3;5H,1,6H2,2-4H3/b7-6+;;7-6+;;6-5+;;;;;6-5+;;. The number of carbonyl (C=O) groups is 12. The Kier molecular flexibility index (Phi) is 86.3. The lowest BCUT2D eigenvalue weighted by Gasteiger charge is -2.26. The maximum Gasteiger partial charge on any atom is 0.421 e. The summed E-state index contributed by atoms with van der Waals surface area (Å²) in [6.07, 6.45) is 24.1. The van der Waals surface area contributed by atoms with Gasteiger partial charge in [-0.05, 0) is 210 Å². The largest absolute Gasteiger partial charge is 0.462 e. The normalized spacial score (nSPS) is 12.0. The fourth-order valence-corrected chi connectivity index (χ4v) is 7.90. The Morgan fingerprint density at radius 2 is 0.667 bits per heavy atom. The molecule has 0 aliphatic rings. The minimum Gasteiger partial charge on any atom is -0.462 e. The van der Waals surface area contributed by atoms with Crippen LogP contribution in [0.4, 0.5) is 13.2 Å². The van der Waals surface area contributed by atoms with Gasteiger partial charge in [-0.1, -0.05) is 324 Å². The van der Waals surface area contributed by atoms with E-state index in [1.807, 2.05) is 177 Å². The van der Waals surface area contributed by atoms with Crippen molar-refractivity contribution in [2.24, 2.45) is 65.0 Å². The molecule has 0 radical (unpaired) electrons. The fraction of sp³-hybridized carbons (Fsp3) is 0.687. The molecule has 0 aliphatic carbocycles. The van der Waals surface area contributed by atoms with Crippen molar-refractivity contribution in [1.29, 1.82) is 0 Å². The van der Waals surface area contributed by atoms with E-state index < -0.39 is 17.7 Å². The third-order valence-corrected chi connectivity index (χ3v) is 16.5. The number of nitrogens with one attached hydrogen (secondary N) is 2. The van der Waals surface area contributed by atoms with Crippen molar-refractivity contribution >= 4 is 70.5 Å². The molecule has 138 heavy (non-hydrogen) atoms. The van der Waals surface area contributed by atoms with Gasteiger partial charge in [0.2, 0.25) is 11.8 Å². The van der Waals surface area contributed by atoms with E-state index >= 15 is 0 Å². The second kappa shape index (κ2) is 77.0. The molecule has 23 heteroatoms. The van der Waals surface area contributed by atoms with Gasteiger partial charge in [0.05, 0.1) is 13.2 Å². The van der Waals surface area contributed by atoms with Crippen LogP contribution < -0.4 is 10.6 Å². The number of allylic oxidation sites excluding steroid dienone is 10. The van der Waals surface area contributed by atoms with Gasteiger partial charge >= 0.3 is 30.1 Å². The van der Waals surface area contributed by atoms with Gasteiger partial charge in [-0.3, -0.25) is 38.4 Å². The molecule has 0 aliphatic heterocycles. The summed E-state index contributed by atoms with van der Waals surface area (Å²) in [6, 6.07) is 0. The molecule has 2 atom stereocenters. The maximum atomic E-state index is 12.0. The van der Waals surface area contributed by atoms with Crippen LogP contribution in [0.25, 0.3) is 0 Å². The number of likely N-dealkylation sites (N-methyl/N-ethyl adjacent to an activating group) is 2. The highest BCUT2D eigenvalue weighted by Gasteiger charge is 2.37. The average Bonchev–Trinajstić information content (AvgIpc) is 0.863. The van der Waals surface area contributed by atoms with Crippen LogP contribution in [-0.2, 0) is 76.5 Å². The molecule has 20 nitrogen and oxygen atoms in total. The van der Waals surface area contributed by atoms with Gasteiger partial charge in [0.1, 0.15) is 17.8 Å². The van der Waals surface area contributed by atoms with E-state index in [9.17, 15) is 70.7 Å². The van der Waals surface area contributed by atoms with Crippen LogP contribution in [-0.4, -0.2) is 159 Å². The van der Waals surface area contributed by atoms with Gasteiger partial charge < -0.3 is 39.4 Å². The van der Waals surface area contributed by atoms with Gasteiger partial charge in [-0.2, -0.15) is 13.2 Å². The molecule has 0 bridgehead atoms. The summed E-state index contributed by atoms with van der Waals surface area (Å²) in [5, 5.41) is 4.95. The van der Waals surface area contributed by atoms with Crippen molar-refractivity contribution < 1.29 is 89.7 Å². The Balaban J connectivity index is -0.000000126.